The van der Waals surface area contributed by atoms with Crippen molar-refractivity contribution in [2.75, 3.05) is 0 Å². The number of unbranched alkanes of at least 4 members (excludes halogenated alkanes) is 18. The van der Waals surface area contributed by atoms with Crippen LogP contribution >= 0.6 is 0 Å². The van der Waals surface area contributed by atoms with E-state index in [0.717, 1.165) is 24.7 Å². The maximum Gasteiger partial charge on any atom is -0.0169 e. The van der Waals surface area contributed by atoms with Gasteiger partial charge in [-0.3, -0.25) is 0 Å². The van der Waals surface area contributed by atoms with Crippen molar-refractivity contribution in [1.82, 2.24) is 0 Å². The summed E-state index contributed by atoms with van der Waals surface area (Å²) in [6.07, 6.45) is 55.7. The Labute approximate surface area is 280 Å². The van der Waals surface area contributed by atoms with Crippen LogP contribution in [-0.2, 0) is 0 Å². The summed E-state index contributed by atoms with van der Waals surface area (Å²) in [6.45, 7) is 14.5. The minimum absolute atomic E-state index is 0.488. The molecule has 0 nitrogen and oxygen atoms in total. The van der Waals surface area contributed by atoms with Crippen LogP contribution in [0.2, 0.25) is 0 Å². The van der Waals surface area contributed by atoms with Gasteiger partial charge in [0.2, 0.25) is 0 Å². The average Bonchev–Trinajstić information content (AvgIpc) is 2.98. The molecule has 0 aliphatic heterocycles. The second-order valence-corrected chi connectivity index (χ2v) is 15.0. The van der Waals surface area contributed by atoms with E-state index in [2.05, 4.69) is 90.2 Å². The summed E-state index contributed by atoms with van der Waals surface area (Å²) in [4.78, 5) is 0. The number of rotatable bonds is 33. The van der Waals surface area contributed by atoms with Crippen molar-refractivity contribution in [3.63, 3.8) is 0 Å². The number of allylic oxidation sites excluding steroid dienone is 8. The zero-order valence-electron chi connectivity index (χ0n) is 31.4. The molecule has 0 unspecified atom stereocenters. The zero-order chi connectivity index (χ0) is 32.4. The largest absolute Gasteiger partial charge is 0.0882 e. The van der Waals surface area contributed by atoms with Crippen molar-refractivity contribution < 1.29 is 0 Å². The highest BCUT2D eigenvalue weighted by molar-refractivity contribution is 4.93. The van der Waals surface area contributed by atoms with Gasteiger partial charge in [0.15, 0.2) is 0 Å². The van der Waals surface area contributed by atoms with Crippen molar-refractivity contribution in [3.8, 4) is 0 Å². The standard InChI is InChI=1S/C44H82/c1-7-9-11-13-15-17-19-21-23-25-27-29-31-33-35-37-39-43(44(5,6)41-42(3)4)40-38-36-34-32-30-28-26-24-22-20-18-16-14-12-10-8-2/h15-18,21-24,42-43H,7-14,19-20,25-41H2,1-6H3. The second-order valence-electron chi connectivity index (χ2n) is 15.0. The molecule has 0 heterocycles. The van der Waals surface area contributed by atoms with Crippen LogP contribution in [0.5, 0.6) is 0 Å². The zero-order valence-corrected chi connectivity index (χ0v) is 31.4. The molecule has 0 atom stereocenters. The van der Waals surface area contributed by atoms with Gasteiger partial charge >= 0.3 is 0 Å². The highest BCUT2D eigenvalue weighted by atomic mass is 14.3. The first-order valence-corrected chi connectivity index (χ1v) is 20.0. The van der Waals surface area contributed by atoms with E-state index >= 15 is 0 Å². The molecule has 0 saturated heterocycles. The molecule has 0 radical (unpaired) electrons. The molecule has 0 aromatic heterocycles. The van der Waals surface area contributed by atoms with E-state index in [1.165, 1.54) is 161 Å². The van der Waals surface area contributed by atoms with E-state index in [9.17, 15) is 0 Å². The minimum Gasteiger partial charge on any atom is -0.0882 e. The lowest BCUT2D eigenvalue weighted by Crippen LogP contribution is -2.26. The third-order valence-corrected chi connectivity index (χ3v) is 9.55. The van der Waals surface area contributed by atoms with Gasteiger partial charge in [-0.1, -0.05) is 180 Å². The summed E-state index contributed by atoms with van der Waals surface area (Å²) in [6, 6.07) is 0. The third kappa shape index (κ3) is 31.0. The fourth-order valence-corrected chi connectivity index (χ4v) is 6.90. The molecule has 0 spiro atoms. The average molecular weight is 611 g/mol. The molecular weight excluding hydrogens is 528 g/mol. The Kier molecular flexibility index (Phi) is 32.5. The monoisotopic (exact) mass is 611 g/mol. The smallest absolute Gasteiger partial charge is 0.0169 e. The van der Waals surface area contributed by atoms with Crippen LogP contribution in [0.1, 0.15) is 215 Å². The summed E-state index contributed by atoms with van der Waals surface area (Å²) in [5.41, 5.74) is 0.488. The lowest BCUT2D eigenvalue weighted by Gasteiger charge is -2.36. The molecule has 0 aromatic rings. The van der Waals surface area contributed by atoms with Crippen molar-refractivity contribution in [2.45, 2.75) is 215 Å². The van der Waals surface area contributed by atoms with Gasteiger partial charge in [-0.25, -0.2) is 0 Å². The fourth-order valence-electron chi connectivity index (χ4n) is 6.90. The quantitative estimate of drug-likeness (QED) is 0.0512. The molecule has 0 heteroatoms. The molecule has 44 heavy (non-hydrogen) atoms. The highest BCUT2D eigenvalue weighted by Crippen LogP contribution is 2.40. The molecular formula is C44H82. The minimum atomic E-state index is 0.488. The summed E-state index contributed by atoms with van der Waals surface area (Å²) in [7, 11) is 0. The summed E-state index contributed by atoms with van der Waals surface area (Å²) in [5, 5.41) is 0. The van der Waals surface area contributed by atoms with Crippen LogP contribution in [0.15, 0.2) is 48.6 Å². The maximum atomic E-state index is 2.57. The maximum absolute atomic E-state index is 2.57. The molecule has 0 saturated carbocycles. The van der Waals surface area contributed by atoms with Gasteiger partial charge in [0.05, 0.1) is 0 Å². The molecule has 0 aliphatic rings. The van der Waals surface area contributed by atoms with Crippen LogP contribution in [-0.4, -0.2) is 0 Å². The van der Waals surface area contributed by atoms with Crippen LogP contribution in [0.25, 0.3) is 0 Å². The van der Waals surface area contributed by atoms with Gasteiger partial charge in [-0.2, -0.15) is 0 Å². The first-order valence-electron chi connectivity index (χ1n) is 20.0. The topological polar surface area (TPSA) is 0 Å². The molecule has 0 bridgehead atoms. The fraction of sp³-hybridized carbons (Fsp3) is 0.818. The van der Waals surface area contributed by atoms with E-state index in [1.54, 1.807) is 0 Å². The normalized spacial score (nSPS) is 13.6. The third-order valence-electron chi connectivity index (χ3n) is 9.55. The van der Waals surface area contributed by atoms with Crippen molar-refractivity contribution in [1.29, 1.82) is 0 Å². The van der Waals surface area contributed by atoms with Crippen LogP contribution in [0.3, 0.4) is 0 Å². The summed E-state index contributed by atoms with van der Waals surface area (Å²) >= 11 is 0. The summed E-state index contributed by atoms with van der Waals surface area (Å²) in [5.74, 6) is 1.71. The van der Waals surface area contributed by atoms with E-state index in [4.69, 9.17) is 0 Å². The predicted molar refractivity (Wildman–Crippen MR) is 205 cm³/mol. The number of hydrogen-bond donors (Lipinski definition) is 0. The van der Waals surface area contributed by atoms with Crippen molar-refractivity contribution in [3.05, 3.63) is 48.6 Å². The molecule has 0 N–H and O–H groups in total. The van der Waals surface area contributed by atoms with E-state index in [1.807, 2.05) is 0 Å². The van der Waals surface area contributed by atoms with Gasteiger partial charge < -0.3 is 0 Å². The highest BCUT2D eigenvalue weighted by Gasteiger charge is 2.29. The van der Waals surface area contributed by atoms with E-state index < -0.39 is 0 Å². The first kappa shape index (κ1) is 43.0. The van der Waals surface area contributed by atoms with Gasteiger partial charge in [0.25, 0.3) is 0 Å². The molecule has 258 valence electrons. The van der Waals surface area contributed by atoms with Crippen molar-refractivity contribution >= 4 is 0 Å². The molecule has 0 amide bonds. The van der Waals surface area contributed by atoms with Gasteiger partial charge in [0, 0.05) is 0 Å². The second kappa shape index (κ2) is 33.3. The summed E-state index contributed by atoms with van der Waals surface area (Å²) < 4.78 is 0. The van der Waals surface area contributed by atoms with Crippen LogP contribution in [0.4, 0.5) is 0 Å². The lowest BCUT2D eigenvalue weighted by atomic mass is 9.69. The van der Waals surface area contributed by atoms with E-state index in [-0.39, 0.29) is 0 Å². The Balaban J connectivity index is 3.97. The Morgan fingerprint density at radius 3 is 1.07 bits per heavy atom. The Hall–Kier alpha value is -1.04. The Morgan fingerprint density at radius 1 is 0.409 bits per heavy atom. The van der Waals surface area contributed by atoms with Gasteiger partial charge in [-0.05, 0) is 101 Å². The molecule has 0 rings (SSSR count). The van der Waals surface area contributed by atoms with E-state index in [0.29, 0.717) is 5.41 Å². The molecule has 0 fully saturated rings. The molecule has 0 aliphatic carbocycles. The predicted octanol–water partition coefficient (Wildman–Crippen LogP) is 16.1. The lowest BCUT2D eigenvalue weighted by molar-refractivity contribution is 0.144. The van der Waals surface area contributed by atoms with Gasteiger partial charge in [-0.15, -0.1) is 0 Å². The van der Waals surface area contributed by atoms with Crippen LogP contribution < -0.4 is 0 Å². The Morgan fingerprint density at radius 2 is 0.727 bits per heavy atom. The van der Waals surface area contributed by atoms with Crippen molar-refractivity contribution in [2.24, 2.45) is 17.3 Å². The van der Waals surface area contributed by atoms with Crippen LogP contribution in [0, 0.1) is 17.3 Å². The molecule has 0 aromatic carbocycles. The Bertz CT molecular complexity index is 624. The van der Waals surface area contributed by atoms with Gasteiger partial charge in [0.1, 0.15) is 0 Å². The SMILES string of the molecule is CCCCCC=CCC=CCCCCCCCCC(CCCCCCCCC=CCC=CCCCCC)C(C)(C)CC(C)C. The first-order chi connectivity index (χ1) is 21.4. The number of hydrogen-bond acceptors (Lipinski definition) is 0.